The van der Waals surface area contributed by atoms with E-state index in [4.69, 9.17) is 0 Å². The third-order valence-electron chi connectivity index (χ3n) is 5.21. The van der Waals surface area contributed by atoms with E-state index in [1.165, 1.54) is 43.9 Å². The first-order chi connectivity index (χ1) is 11.7. The molecule has 0 radical (unpaired) electrons. The summed E-state index contributed by atoms with van der Waals surface area (Å²) in [5, 5.41) is 0.272. The van der Waals surface area contributed by atoms with E-state index in [1.54, 1.807) is 6.20 Å². The number of pyridine rings is 1. The SMILES string of the molecule is CCCCC1CCN(C2C(=O)Sc3ccncc3N2CCC)CC1. The summed E-state index contributed by atoms with van der Waals surface area (Å²) in [4.78, 5) is 22.9. The van der Waals surface area contributed by atoms with Crippen LogP contribution in [0.5, 0.6) is 0 Å². The predicted octanol–water partition coefficient (Wildman–Crippen LogP) is 4.16. The highest BCUT2D eigenvalue weighted by Crippen LogP contribution is 2.39. The fourth-order valence-electron chi connectivity index (χ4n) is 3.90. The molecule has 3 rings (SSSR count). The Morgan fingerprint density at radius 1 is 1.25 bits per heavy atom. The molecule has 2 aliphatic heterocycles. The largest absolute Gasteiger partial charge is 0.346 e. The smallest absolute Gasteiger partial charge is 0.231 e. The third-order valence-corrected chi connectivity index (χ3v) is 6.19. The van der Waals surface area contributed by atoms with Crippen molar-refractivity contribution in [2.45, 2.75) is 63.4 Å². The molecule has 0 aliphatic carbocycles. The van der Waals surface area contributed by atoms with Crippen LogP contribution in [0.15, 0.2) is 23.4 Å². The van der Waals surface area contributed by atoms with Gasteiger partial charge in [-0.3, -0.25) is 14.7 Å². The molecule has 3 heterocycles. The van der Waals surface area contributed by atoms with Gasteiger partial charge in [-0.05, 0) is 43.0 Å². The van der Waals surface area contributed by atoms with Crippen molar-refractivity contribution in [3.05, 3.63) is 18.5 Å². The molecule has 1 atom stereocenters. The van der Waals surface area contributed by atoms with Crippen LogP contribution in [0.3, 0.4) is 0 Å². The second-order valence-corrected chi connectivity index (χ2v) is 8.00. The Hall–Kier alpha value is -1.07. The van der Waals surface area contributed by atoms with Crippen LogP contribution in [0.2, 0.25) is 0 Å². The Morgan fingerprint density at radius 2 is 2.04 bits per heavy atom. The second kappa shape index (κ2) is 8.34. The number of aromatic nitrogens is 1. The van der Waals surface area contributed by atoms with Crippen molar-refractivity contribution in [3.8, 4) is 0 Å². The van der Waals surface area contributed by atoms with Crippen molar-refractivity contribution in [1.29, 1.82) is 0 Å². The van der Waals surface area contributed by atoms with Gasteiger partial charge in [0.1, 0.15) is 0 Å². The first kappa shape index (κ1) is 17.7. The summed E-state index contributed by atoms with van der Waals surface area (Å²) in [5.74, 6) is 0.848. The van der Waals surface area contributed by atoms with Gasteiger partial charge in [0.15, 0.2) is 6.17 Å². The summed E-state index contributed by atoms with van der Waals surface area (Å²) in [7, 11) is 0. The molecule has 24 heavy (non-hydrogen) atoms. The van der Waals surface area contributed by atoms with E-state index in [2.05, 4.69) is 28.6 Å². The number of carbonyl (C=O) groups excluding carboxylic acids is 1. The van der Waals surface area contributed by atoms with E-state index in [0.29, 0.717) is 0 Å². The predicted molar refractivity (Wildman–Crippen MR) is 100 cm³/mol. The normalized spacial score (nSPS) is 22.7. The number of fused-ring (bicyclic) bond motifs is 1. The first-order valence-corrected chi connectivity index (χ1v) is 10.2. The fourth-order valence-corrected chi connectivity index (χ4v) is 4.91. The molecule has 4 nitrogen and oxygen atoms in total. The topological polar surface area (TPSA) is 36.4 Å². The standard InChI is InChI=1S/C19H29N3OS/c1-3-5-6-15-8-12-21(13-9-15)18-19(23)24-17-7-10-20-14-16(17)22(18)11-4-2/h7,10,14-15,18H,3-6,8-9,11-13H2,1-2H3. The summed E-state index contributed by atoms with van der Waals surface area (Å²) in [5.41, 5.74) is 1.13. The number of carbonyl (C=O) groups is 1. The van der Waals surface area contributed by atoms with Gasteiger partial charge in [-0.1, -0.05) is 33.1 Å². The minimum atomic E-state index is -0.112. The highest BCUT2D eigenvalue weighted by Gasteiger charge is 2.38. The number of hydrogen-bond acceptors (Lipinski definition) is 5. The molecule has 0 saturated carbocycles. The molecule has 0 spiro atoms. The lowest BCUT2D eigenvalue weighted by Gasteiger charge is -2.45. The van der Waals surface area contributed by atoms with E-state index in [-0.39, 0.29) is 11.3 Å². The maximum absolute atomic E-state index is 12.9. The monoisotopic (exact) mass is 347 g/mol. The maximum atomic E-state index is 12.9. The summed E-state index contributed by atoms with van der Waals surface area (Å²) in [6.45, 7) is 7.44. The molecular formula is C19H29N3OS. The molecule has 2 aliphatic rings. The van der Waals surface area contributed by atoms with Gasteiger partial charge in [-0.25, -0.2) is 0 Å². The molecule has 0 bridgehead atoms. The van der Waals surface area contributed by atoms with Crippen molar-refractivity contribution in [3.63, 3.8) is 0 Å². The van der Waals surface area contributed by atoms with Crippen LogP contribution in [-0.4, -0.2) is 40.8 Å². The number of piperidine rings is 1. The van der Waals surface area contributed by atoms with Crippen molar-refractivity contribution in [2.24, 2.45) is 5.92 Å². The van der Waals surface area contributed by atoms with Crippen LogP contribution >= 0.6 is 11.8 Å². The molecule has 132 valence electrons. The zero-order valence-corrected chi connectivity index (χ0v) is 15.7. The van der Waals surface area contributed by atoms with Gasteiger partial charge < -0.3 is 4.90 Å². The number of unbranched alkanes of at least 4 members (excludes halogenated alkanes) is 1. The summed E-state index contributed by atoms with van der Waals surface area (Å²) in [6.07, 6.45) is 11.1. The Kier molecular flexibility index (Phi) is 6.17. The molecule has 1 aromatic rings. The van der Waals surface area contributed by atoms with Gasteiger partial charge in [0.2, 0.25) is 5.12 Å². The zero-order chi connectivity index (χ0) is 16.9. The average molecular weight is 348 g/mol. The van der Waals surface area contributed by atoms with Crippen molar-refractivity contribution < 1.29 is 4.79 Å². The molecule has 5 heteroatoms. The van der Waals surface area contributed by atoms with Gasteiger partial charge >= 0.3 is 0 Å². The molecule has 1 aromatic heterocycles. The molecule has 1 unspecified atom stereocenters. The van der Waals surface area contributed by atoms with Gasteiger partial charge in [0, 0.05) is 30.7 Å². The summed E-state index contributed by atoms with van der Waals surface area (Å²) >= 11 is 1.40. The van der Waals surface area contributed by atoms with Crippen molar-refractivity contribution >= 4 is 22.6 Å². The van der Waals surface area contributed by atoms with Gasteiger partial charge in [-0.2, -0.15) is 0 Å². The van der Waals surface area contributed by atoms with Crippen LogP contribution in [0.25, 0.3) is 0 Å². The molecule has 0 N–H and O–H groups in total. The molecular weight excluding hydrogens is 318 g/mol. The number of rotatable bonds is 6. The second-order valence-electron chi connectivity index (χ2n) is 6.95. The number of likely N-dealkylation sites (tertiary alicyclic amines) is 1. The third kappa shape index (κ3) is 3.77. The average Bonchev–Trinajstić information content (AvgIpc) is 2.61. The quantitative estimate of drug-likeness (QED) is 0.772. The minimum Gasteiger partial charge on any atom is -0.346 e. The van der Waals surface area contributed by atoms with Gasteiger partial charge in [0.05, 0.1) is 11.9 Å². The van der Waals surface area contributed by atoms with Crippen LogP contribution in [0.1, 0.15) is 52.4 Å². The summed E-state index contributed by atoms with van der Waals surface area (Å²) < 4.78 is 0. The number of hydrogen-bond donors (Lipinski definition) is 0. The Bertz CT molecular complexity index is 557. The first-order valence-electron chi connectivity index (χ1n) is 9.41. The van der Waals surface area contributed by atoms with Crippen LogP contribution in [0.4, 0.5) is 5.69 Å². The van der Waals surface area contributed by atoms with Crippen LogP contribution < -0.4 is 4.90 Å². The van der Waals surface area contributed by atoms with Crippen molar-refractivity contribution in [1.82, 2.24) is 9.88 Å². The number of anilines is 1. The Balaban J connectivity index is 1.73. The van der Waals surface area contributed by atoms with E-state index in [9.17, 15) is 4.79 Å². The van der Waals surface area contributed by atoms with Crippen LogP contribution in [-0.2, 0) is 4.79 Å². The van der Waals surface area contributed by atoms with E-state index in [1.807, 2.05) is 12.3 Å². The lowest BCUT2D eigenvalue weighted by molar-refractivity contribution is -0.116. The maximum Gasteiger partial charge on any atom is 0.231 e. The van der Waals surface area contributed by atoms with Gasteiger partial charge in [-0.15, -0.1) is 0 Å². The summed E-state index contributed by atoms with van der Waals surface area (Å²) in [6, 6.07) is 1.97. The van der Waals surface area contributed by atoms with E-state index >= 15 is 0 Å². The zero-order valence-electron chi connectivity index (χ0n) is 14.9. The minimum absolute atomic E-state index is 0.112. The van der Waals surface area contributed by atoms with Crippen LogP contribution in [0, 0.1) is 5.92 Å². The Labute approximate surface area is 150 Å². The highest BCUT2D eigenvalue weighted by atomic mass is 32.2. The molecule has 1 fully saturated rings. The number of thioether (sulfide) groups is 1. The Morgan fingerprint density at radius 3 is 2.75 bits per heavy atom. The lowest BCUT2D eigenvalue weighted by atomic mass is 9.91. The fraction of sp³-hybridized carbons (Fsp3) is 0.684. The van der Waals surface area contributed by atoms with Crippen molar-refractivity contribution in [2.75, 3.05) is 24.5 Å². The number of nitrogens with zero attached hydrogens (tertiary/aromatic N) is 3. The molecule has 0 amide bonds. The molecule has 0 aromatic carbocycles. The lowest BCUT2D eigenvalue weighted by Crippen LogP contribution is -2.56. The van der Waals surface area contributed by atoms with Gasteiger partial charge in [0.25, 0.3) is 0 Å². The van der Waals surface area contributed by atoms with E-state index in [0.717, 1.165) is 42.6 Å². The highest BCUT2D eigenvalue weighted by molar-refractivity contribution is 8.14. The molecule has 1 saturated heterocycles. The van der Waals surface area contributed by atoms with E-state index < -0.39 is 0 Å².